The van der Waals surface area contributed by atoms with Gasteiger partial charge < -0.3 is 5.32 Å². The SMILES string of the molecule is CC(=O)Nc1ccc(Cc2cc([N+](=O)[O-])cc([N+](=O)[O-])c2)cc1. The first-order valence-corrected chi connectivity index (χ1v) is 6.64. The van der Waals surface area contributed by atoms with Gasteiger partial charge in [-0.2, -0.15) is 0 Å². The molecule has 0 radical (unpaired) electrons. The Morgan fingerprint density at radius 2 is 1.48 bits per heavy atom. The number of nitro groups is 2. The van der Waals surface area contributed by atoms with Crippen molar-refractivity contribution in [3.05, 3.63) is 73.8 Å². The van der Waals surface area contributed by atoms with Crippen molar-refractivity contribution in [3.8, 4) is 0 Å². The number of rotatable bonds is 5. The molecule has 0 spiro atoms. The number of hydrogen-bond donors (Lipinski definition) is 1. The third-order valence-corrected chi connectivity index (χ3v) is 3.07. The molecule has 0 aliphatic carbocycles. The summed E-state index contributed by atoms with van der Waals surface area (Å²) in [5.74, 6) is -0.188. The van der Waals surface area contributed by atoms with Gasteiger partial charge in [0.15, 0.2) is 0 Å². The lowest BCUT2D eigenvalue weighted by atomic mass is 10.0. The highest BCUT2D eigenvalue weighted by atomic mass is 16.6. The highest BCUT2D eigenvalue weighted by Gasteiger charge is 2.16. The molecule has 1 N–H and O–H groups in total. The number of nitro benzene ring substituents is 2. The van der Waals surface area contributed by atoms with Gasteiger partial charge in [-0.1, -0.05) is 12.1 Å². The maximum absolute atomic E-state index is 11.0. The number of non-ortho nitro benzene ring substituents is 2. The third kappa shape index (κ3) is 4.34. The first-order valence-electron chi connectivity index (χ1n) is 6.64. The maximum Gasteiger partial charge on any atom is 0.276 e. The lowest BCUT2D eigenvalue weighted by Gasteiger charge is -2.05. The van der Waals surface area contributed by atoms with Gasteiger partial charge in [-0.3, -0.25) is 25.0 Å². The Hall–Kier alpha value is -3.29. The number of amides is 1. The largest absolute Gasteiger partial charge is 0.326 e. The number of nitrogens with one attached hydrogen (secondary N) is 1. The van der Waals surface area contributed by atoms with Crippen molar-refractivity contribution in [1.29, 1.82) is 0 Å². The molecule has 0 heterocycles. The van der Waals surface area contributed by atoms with E-state index in [0.29, 0.717) is 17.7 Å². The average Bonchev–Trinajstić information content (AvgIpc) is 2.48. The Bertz CT molecular complexity index is 739. The molecule has 0 unspecified atom stereocenters. The fraction of sp³-hybridized carbons (Fsp3) is 0.133. The van der Waals surface area contributed by atoms with Crippen LogP contribution < -0.4 is 5.32 Å². The Labute approximate surface area is 131 Å². The van der Waals surface area contributed by atoms with Gasteiger partial charge in [-0.25, -0.2) is 0 Å². The summed E-state index contributed by atoms with van der Waals surface area (Å²) in [5.41, 5.74) is 1.28. The summed E-state index contributed by atoms with van der Waals surface area (Å²) < 4.78 is 0. The van der Waals surface area contributed by atoms with Crippen LogP contribution in [0.2, 0.25) is 0 Å². The van der Waals surface area contributed by atoms with Crippen molar-refractivity contribution in [1.82, 2.24) is 0 Å². The van der Waals surface area contributed by atoms with Crippen molar-refractivity contribution in [3.63, 3.8) is 0 Å². The Kier molecular flexibility index (Phi) is 4.65. The molecule has 2 aromatic rings. The minimum atomic E-state index is -0.656. The van der Waals surface area contributed by atoms with Crippen molar-refractivity contribution in [2.45, 2.75) is 13.3 Å². The summed E-state index contributed by atoms with van der Waals surface area (Å²) >= 11 is 0. The molecule has 0 saturated carbocycles. The summed E-state index contributed by atoms with van der Waals surface area (Å²) in [6.45, 7) is 1.40. The molecule has 0 bridgehead atoms. The zero-order chi connectivity index (χ0) is 17.0. The number of carbonyl (C=O) groups is 1. The summed E-state index contributed by atoms with van der Waals surface area (Å²) in [5, 5.41) is 24.4. The summed E-state index contributed by atoms with van der Waals surface area (Å²) in [6, 6.07) is 10.4. The van der Waals surface area contributed by atoms with Crippen LogP contribution in [0.4, 0.5) is 17.1 Å². The molecule has 0 aliphatic rings. The van der Waals surface area contributed by atoms with Crippen LogP contribution in [-0.2, 0) is 11.2 Å². The van der Waals surface area contributed by atoms with Gasteiger partial charge in [0.2, 0.25) is 5.91 Å². The Morgan fingerprint density at radius 1 is 0.957 bits per heavy atom. The van der Waals surface area contributed by atoms with Crippen LogP contribution in [0.1, 0.15) is 18.1 Å². The van der Waals surface area contributed by atoms with Gasteiger partial charge >= 0.3 is 0 Å². The minimum absolute atomic E-state index is 0.188. The van der Waals surface area contributed by atoms with E-state index in [0.717, 1.165) is 11.6 Å². The third-order valence-electron chi connectivity index (χ3n) is 3.07. The first-order chi connectivity index (χ1) is 10.8. The molecule has 0 atom stereocenters. The zero-order valence-electron chi connectivity index (χ0n) is 12.2. The van der Waals surface area contributed by atoms with Gasteiger partial charge in [0.1, 0.15) is 0 Å². The highest BCUT2D eigenvalue weighted by molar-refractivity contribution is 5.88. The van der Waals surface area contributed by atoms with Crippen LogP contribution in [0.5, 0.6) is 0 Å². The van der Waals surface area contributed by atoms with E-state index in [9.17, 15) is 25.0 Å². The number of nitrogens with zero attached hydrogens (tertiary/aromatic N) is 2. The lowest BCUT2D eigenvalue weighted by molar-refractivity contribution is -0.394. The van der Waals surface area contributed by atoms with Crippen LogP contribution in [0.3, 0.4) is 0 Å². The second-order valence-corrected chi connectivity index (χ2v) is 4.93. The molecule has 0 aliphatic heterocycles. The monoisotopic (exact) mass is 315 g/mol. The second-order valence-electron chi connectivity index (χ2n) is 4.93. The Morgan fingerprint density at radius 3 is 1.91 bits per heavy atom. The van der Waals surface area contributed by atoms with Gasteiger partial charge in [-0.15, -0.1) is 0 Å². The van der Waals surface area contributed by atoms with E-state index >= 15 is 0 Å². The van der Waals surface area contributed by atoms with E-state index in [1.54, 1.807) is 24.3 Å². The average molecular weight is 315 g/mol. The molecule has 118 valence electrons. The molecule has 0 fully saturated rings. The van der Waals surface area contributed by atoms with Crippen molar-refractivity contribution < 1.29 is 14.6 Å². The fourth-order valence-electron chi connectivity index (χ4n) is 2.11. The molecule has 0 aromatic heterocycles. The Balaban J connectivity index is 2.26. The summed E-state index contributed by atoms with van der Waals surface area (Å²) in [4.78, 5) is 31.4. The van der Waals surface area contributed by atoms with Gasteiger partial charge in [0.25, 0.3) is 11.4 Å². The van der Waals surface area contributed by atoms with E-state index in [-0.39, 0.29) is 17.3 Å². The van der Waals surface area contributed by atoms with Crippen LogP contribution in [0, 0.1) is 20.2 Å². The predicted octanol–water partition coefficient (Wildman–Crippen LogP) is 3.05. The van der Waals surface area contributed by atoms with E-state index in [4.69, 9.17) is 0 Å². The normalized spacial score (nSPS) is 10.1. The van der Waals surface area contributed by atoms with Crippen molar-refractivity contribution >= 4 is 23.0 Å². The molecule has 8 heteroatoms. The topological polar surface area (TPSA) is 115 Å². The quantitative estimate of drug-likeness (QED) is 0.672. The number of hydrogen-bond acceptors (Lipinski definition) is 5. The summed E-state index contributed by atoms with van der Waals surface area (Å²) in [6.07, 6.45) is 0.308. The van der Waals surface area contributed by atoms with Crippen LogP contribution in [-0.4, -0.2) is 15.8 Å². The second kappa shape index (κ2) is 6.65. The molecule has 0 saturated heterocycles. The molecule has 2 aromatic carbocycles. The molecule has 8 nitrogen and oxygen atoms in total. The highest BCUT2D eigenvalue weighted by Crippen LogP contribution is 2.24. The molecular formula is C15H13N3O5. The van der Waals surface area contributed by atoms with Crippen molar-refractivity contribution in [2.24, 2.45) is 0 Å². The van der Waals surface area contributed by atoms with Crippen LogP contribution in [0.15, 0.2) is 42.5 Å². The molecular weight excluding hydrogens is 302 g/mol. The molecule has 2 rings (SSSR count). The standard InChI is InChI=1S/C15H13N3O5/c1-10(19)16-13-4-2-11(3-5-13)6-12-7-14(17(20)21)9-15(8-12)18(22)23/h2-5,7-9H,6H2,1H3,(H,16,19). The predicted molar refractivity (Wildman–Crippen MR) is 83.3 cm³/mol. The van der Waals surface area contributed by atoms with Crippen molar-refractivity contribution in [2.75, 3.05) is 5.32 Å². The molecule has 1 amide bonds. The fourth-order valence-corrected chi connectivity index (χ4v) is 2.11. The molecule has 23 heavy (non-hydrogen) atoms. The summed E-state index contributed by atoms with van der Waals surface area (Å²) in [7, 11) is 0. The van der Waals surface area contributed by atoms with E-state index in [1.165, 1.54) is 19.1 Å². The van der Waals surface area contributed by atoms with Gasteiger partial charge in [0, 0.05) is 24.7 Å². The van der Waals surface area contributed by atoms with Crippen LogP contribution in [0.25, 0.3) is 0 Å². The number of carbonyl (C=O) groups excluding carboxylic acids is 1. The van der Waals surface area contributed by atoms with E-state index < -0.39 is 9.85 Å². The number of anilines is 1. The van der Waals surface area contributed by atoms with Gasteiger partial charge in [0.05, 0.1) is 15.9 Å². The van der Waals surface area contributed by atoms with E-state index in [1.807, 2.05) is 0 Å². The first kappa shape index (κ1) is 16.1. The van der Waals surface area contributed by atoms with Gasteiger partial charge in [-0.05, 0) is 29.7 Å². The van der Waals surface area contributed by atoms with Crippen LogP contribution >= 0.6 is 0 Å². The zero-order valence-corrected chi connectivity index (χ0v) is 12.2. The van der Waals surface area contributed by atoms with E-state index in [2.05, 4.69) is 5.32 Å². The number of benzene rings is 2. The lowest BCUT2D eigenvalue weighted by Crippen LogP contribution is -2.05. The maximum atomic E-state index is 11.0. The smallest absolute Gasteiger partial charge is 0.276 e. The minimum Gasteiger partial charge on any atom is -0.326 e.